The molecule has 3 heteroatoms. The molecule has 0 bridgehead atoms. The molecule has 100 valence electrons. The highest BCUT2D eigenvalue weighted by Gasteiger charge is 2.55. The molecular weight excluding hydrogens is 238 g/mol. The highest BCUT2D eigenvalue weighted by Crippen LogP contribution is 2.51. The van der Waals surface area contributed by atoms with Gasteiger partial charge in [0.1, 0.15) is 16.7 Å². The number of nitrogens with zero attached hydrogens (tertiary/aromatic N) is 1. The summed E-state index contributed by atoms with van der Waals surface area (Å²) in [5, 5.41) is 0. The quantitative estimate of drug-likeness (QED) is 0.838. The predicted octanol–water partition coefficient (Wildman–Crippen LogP) is 3.86. The van der Waals surface area contributed by atoms with Crippen LogP contribution < -0.4 is 0 Å². The van der Waals surface area contributed by atoms with Gasteiger partial charge in [-0.2, -0.15) is 0 Å². The number of rotatable bonds is 3. The first kappa shape index (κ1) is 12.4. The number of aromatic nitrogens is 1. The van der Waals surface area contributed by atoms with Gasteiger partial charge in [0.15, 0.2) is 5.58 Å². The lowest BCUT2D eigenvalue weighted by molar-refractivity contribution is -0.123. The first-order valence-electron chi connectivity index (χ1n) is 6.80. The topological polar surface area (TPSA) is 43.1 Å². The fourth-order valence-electron chi connectivity index (χ4n) is 2.46. The molecule has 3 rings (SSSR count). The van der Waals surface area contributed by atoms with Gasteiger partial charge in [-0.15, -0.1) is 0 Å². The maximum Gasteiger partial charge on any atom is 0.209 e. The molecule has 1 aliphatic carbocycles. The number of oxazole rings is 1. The molecule has 1 fully saturated rings. The van der Waals surface area contributed by atoms with Crippen molar-refractivity contribution in [2.75, 3.05) is 0 Å². The van der Waals surface area contributed by atoms with Crippen molar-refractivity contribution < 1.29 is 9.21 Å². The molecule has 0 radical (unpaired) electrons. The summed E-state index contributed by atoms with van der Waals surface area (Å²) < 4.78 is 5.80. The Morgan fingerprint density at radius 3 is 2.58 bits per heavy atom. The second-order valence-corrected chi connectivity index (χ2v) is 6.73. The van der Waals surface area contributed by atoms with E-state index in [0.717, 1.165) is 23.9 Å². The lowest BCUT2D eigenvalue weighted by Gasteiger charge is -2.19. The van der Waals surface area contributed by atoms with Gasteiger partial charge in [-0.05, 0) is 30.4 Å². The maximum atomic E-state index is 12.5. The van der Waals surface area contributed by atoms with Crippen LogP contribution in [-0.2, 0) is 10.2 Å². The molecule has 3 nitrogen and oxygen atoms in total. The minimum absolute atomic E-state index is 0.0126. The summed E-state index contributed by atoms with van der Waals surface area (Å²) in [7, 11) is 0. The molecule has 0 N–H and O–H groups in total. The molecule has 1 saturated carbocycles. The van der Waals surface area contributed by atoms with Crippen molar-refractivity contribution in [1.82, 2.24) is 4.98 Å². The third-order valence-electron chi connectivity index (χ3n) is 3.68. The van der Waals surface area contributed by atoms with Crippen LogP contribution in [-0.4, -0.2) is 10.8 Å². The van der Waals surface area contributed by atoms with Crippen LogP contribution in [0.3, 0.4) is 0 Å². The molecule has 0 aliphatic heterocycles. The molecule has 0 amide bonds. The first-order valence-corrected chi connectivity index (χ1v) is 6.80. The van der Waals surface area contributed by atoms with Crippen LogP contribution in [0.4, 0.5) is 0 Å². The Labute approximate surface area is 113 Å². The van der Waals surface area contributed by atoms with Crippen LogP contribution in [0.25, 0.3) is 11.1 Å². The number of benzene rings is 1. The highest BCUT2D eigenvalue weighted by molar-refractivity contribution is 5.93. The molecule has 1 aliphatic rings. The van der Waals surface area contributed by atoms with Crippen LogP contribution in [0.5, 0.6) is 0 Å². The van der Waals surface area contributed by atoms with Gasteiger partial charge in [0.25, 0.3) is 0 Å². The Kier molecular flexibility index (Phi) is 2.56. The molecule has 0 atom stereocenters. The van der Waals surface area contributed by atoms with Gasteiger partial charge in [0.2, 0.25) is 5.89 Å². The molecule has 1 aromatic carbocycles. The third-order valence-corrected chi connectivity index (χ3v) is 3.68. The summed E-state index contributed by atoms with van der Waals surface area (Å²) in [6.45, 7) is 6.27. The SMILES string of the molecule is CC(C)(C)CC(=O)C1(c2nc3ccccc3o2)CC1. The summed E-state index contributed by atoms with van der Waals surface area (Å²) in [6, 6.07) is 7.68. The van der Waals surface area contributed by atoms with Crippen molar-refractivity contribution in [2.45, 2.75) is 45.4 Å². The summed E-state index contributed by atoms with van der Waals surface area (Å²) in [5.41, 5.74) is 1.19. The molecule has 0 spiro atoms. The van der Waals surface area contributed by atoms with Crippen LogP contribution in [0, 0.1) is 5.41 Å². The zero-order valence-corrected chi connectivity index (χ0v) is 11.7. The Hall–Kier alpha value is -1.64. The number of fused-ring (bicyclic) bond motifs is 1. The number of carbonyl (C=O) groups excluding carboxylic acids is 1. The number of carbonyl (C=O) groups is 1. The van der Waals surface area contributed by atoms with E-state index in [9.17, 15) is 4.79 Å². The zero-order chi connectivity index (χ0) is 13.7. The van der Waals surface area contributed by atoms with E-state index >= 15 is 0 Å². The van der Waals surface area contributed by atoms with Crippen LogP contribution >= 0.6 is 0 Å². The average Bonchev–Trinajstić information content (AvgIpc) is 3.01. The minimum Gasteiger partial charge on any atom is -0.440 e. The summed E-state index contributed by atoms with van der Waals surface area (Å²) in [5.74, 6) is 0.884. The Morgan fingerprint density at radius 1 is 1.32 bits per heavy atom. The molecule has 19 heavy (non-hydrogen) atoms. The van der Waals surface area contributed by atoms with Gasteiger partial charge in [0, 0.05) is 6.42 Å². The van der Waals surface area contributed by atoms with E-state index < -0.39 is 5.41 Å². The standard InChI is InChI=1S/C16H19NO2/c1-15(2,3)10-13(18)16(8-9-16)14-17-11-6-4-5-7-12(11)19-14/h4-7H,8-10H2,1-3H3. The smallest absolute Gasteiger partial charge is 0.209 e. The molecule has 1 heterocycles. The van der Waals surface area contributed by atoms with Crippen molar-refractivity contribution in [2.24, 2.45) is 5.41 Å². The van der Waals surface area contributed by atoms with Gasteiger partial charge < -0.3 is 4.42 Å². The van der Waals surface area contributed by atoms with E-state index in [-0.39, 0.29) is 11.2 Å². The second-order valence-electron chi connectivity index (χ2n) is 6.73. The Balaban J connectivity index is 1.94. The van der Waals surface area contributed by atoms with E-state index in [1.165, 1.54) is 0 Å². The lowest BCUT2D eigenvalue weighted by Crippen LogP contribution is -2.25. The van der Waals surface area contributed by atoms with Gasteiger partial charge in [-0.3, -0.25) is 4.79 Å². The fourth-order valence-corrected chi connectivity index (χ4v) is 2.46. The first-order chi connectivity index (χ1) is 8.91. The Morgan fingerprint density at radius 2 is 2.00 bits per heavy atom. The Bertz CT molecular complexity index is 596. The number of hydrogen-bond acceptors (Lipinski definition) is 3. The van der Waals surface area contributed by atoms with Crippen LogP contribution in [0.1, 0.15) is 45.9 Å². The van der Waals surface area contributed by atoms with Crippen LogP contribution in [0.15, 0.2) is 28.7 Å². The molecular formula is C16H19NO2. The van der Waals surface area contributed by atoms with Crippen molar-refractivity contribution in [1.29, 1.82) is 0 Å². The van der Waals surface area contributed by atoms with E-state index in [1.807, 2.05) is 24.3 Å². The van der Waals surface area contributed by atoms with Crippen LogP contribution in [0.2, 0.25) is 0 Å². The van der Waals surface area contributed by atoms with E-state index in [0.29, 0.717) is 12.3 Å². The number of para-hydroxylation sites is 2. The van der Waals surface area contributed by atoms with Crippen molar-refractivity contribution >= 4 is 16.9 Å². The van der Waals surface area contributed by atoms with Gasteiger partial charge in [0.05, 0.1) is 0 Å². The van der Waals surface area contributed by atoms with Gasteiger partial charge >= 0.3 is 0 Å². The largest absolute Gasteiger partial charge is 0.440 e. The minimum atomic E-state index is -0.438. The van der Waals surface area contributed by atoms with Gasteiger partial charge in [-0.1, -0.05) is 32.9 Å². The molecule has 0 unspecified atom stereocenters. The summed E-state index contributed by atoms with van der Waals surface area (Å²) in [6.07, 6.45) is 2.31. The summed E-state index contributed by atoms with van der Waals surface area (Å²) in [4.78, 5) is 17.0. The molecule has 2 aromatic rings. The molecule has 0 saturated heterocycles. The second kappa shape index (κ2) is 3.92. The van der Waals surface area contributed by atoms with E-state index in [1.54, 1.807) is 0 Å². The predicted molar refractivity (Wildman–Crippen MR) is 74.0 cm³/mol. The summed E-state index contributed by atoms with van der Waals surface area (Å²) >= 11 is 0. The van der Waals surface area contributed by atoms with E-state index in [2.05, 4.69) is 25.8 Å². The zero-order valence-electron chi connectivity index (χ0n) is 11.7. The normalized spacial score (nSPS) is 17.6. The maximum absolute atomic E-state index is 12.5. The number of ketones is 1. The van der Waals surface area contributed by atoms with Crippen molar-refractivity contribution in [3.8, 4) is 0 Å². The van der Waals surface area contributed by atoms with E-state index in [4.69, 9.17) is 4.42 Å². The average molecular weight is 257 g/mol. The van der Waals surface area contributed by atoms with Gasteiger partial charge in [-0.25, -0.2) is 4.98 Å². The number of Topliss-reactive ketones (excluding diaryl/α,β-unsaturated/α-hetero) is 1. The lowest BCUT2D eigenvalue weighted by atomic mass is 9.84. The highest BCUT2D eigenvalue weighted by atomic mass is 16.4. The van der Waals surface area contributed by atoms with Crippen molar-refractivity contribution in [3.05, 3.63) is 30.2 Å². The fraction of sp³-hybridized carbons (Fsp3) is 0.500. The third kappa shape index (κ3) is 2.18. The monoisotopic (exact) mass is 257 g/mol. The number of hydrogen-bond donors (Lipinski definition) is 0. The van der Waals surface area contributed by atoms with Crippen molar-refractivity contribution in [3.63, 3.8) is 0 Å². The molecule has 1 aromatic heterocycles.